The van der Waals surface area contributed by atoms with Gasteiger partial charge in [-0.1, -0.05) is 0 Å². The van der Waals surface area contributed by atoms with Crippen LogP contribution in [0.25, 0.3) is 11.3 Å². The number of aromatic nitrogens is 2. The minimum Gasteiger partial charge on any atom is -0.496 e. The second-order valence-electron chi connectivity index (χ2n) is 6.75. The molecule has 0 aliphatic carbocycles. The maximum atomic E-state index is 13.0. The van der Waals surface area contributed by atoms with Crippen molar-refractivity contribution in [2.45, 2.75) is 12.4 Å². The minimum atomic E-state index is -5.03. The van der Waals surface area contributed by atoms with Crippen LogP contribution in [0.4, 0.5) is 42.5 Å². The molecule has 2 N–H and O–H groups in total. The average molecular weight is 537 g/mol. The molecule has 33 heavy (non-hydrogen) atoms. The Labute approximate surface area is 191 Å². The summed E-state index contributed by atoms with van der Waals surface area (Å²) in [5.41, 5.74) is -2.40. The molecular weight excluding hydrogens is 522 g/mol. The number of ether oxygens (including phenoxy) is 1. The van der Waals surface area contributed by atoms with E-state index < -0.39 is 35.2 Å². The highest BCUT2D eigenvalue weighted by Gasteiger charge is 2.37. The molecular formula is C20H15BrF6N4O2. The first-order chi connectivity index (χ1) is 15.3. The lowest BCUT2D eigenvalue weighted by Gasteiger charge is -2.16. The van der Waals surface area contributed by atoms with Gasteiger partial charge in [0, 0.05) is 24.0 Å². The normalized spacial score (nSPS) is 11.9. The van der Waals surface area contributed by atoms with Crippen LogP contribution in [0.2, 0.25) is 0 Å². The van der Waals surface area contributed by atoms with Crippen molar-refractivity contribution in [3.05, 3.63) is 58.2 Å². The van der Waals surface area contributed by atoms with Crippen LogP contribution in [-0.2, 0) is 19.4 Å². The van der Waals surface area contributed by atoms with Crippen LogP contribution in [0.5, 0.6) is 5.75 Å². The van der Waals surface area contributed by atoms with Crippen LogP contribution in [0.1, 0.15) is 11.1 Å². The zero-order valence-electron chi connectivity index (χ0n) is 16.9. The summed E-state index contributed by atoms with van der Waals surface area (Å²) in [7, 11) is 3.12. The third kappa shape index (κ3) is 5.59. The number of aryl methyl sites for hydroxylation is 1. The highest BCUT2D eigenvalue weighted by atomic mass is 79.9. The van der Waals surface area contributed by atoms with E-state index in [1.54, 1.807) is 17.9 Å². The van der Waals surface area contributed by atoms with Gasteiger partial charge in [0.25, 0.3) is 0 Å². The molecule has 0 atom stereocenters. The quantitative estimate of drug-likeness (QED) is 0.372. The molecule has 0 saturated carbocycles. The Morgan fingerprint density at radius 3 is 2.03 bits per heavy atom. The zero-order valence-corrected chi connectivity index (χ0v) is 18.5. The summed E-state index contributed by atoms with van der Waals surface area (Å²) in [5.74, 6) is 0.443. The summed E-state index contributed by atoms with van der Waals surface area (Å²) in [6.45, 7) is 0. The number of carbonyl (C=O) groups excluding carboxylic acids is 1. The summed E-state index contributed by atoms with van der Waals surface area (Å²) < 4.78 is 85.6. The summed E-state index contributed by atoms with van der Waals surface area (Å²) in [6, 6.07) is 4.29. The SMILES string of the molecule is COc1ccc(NC(=O)Nc2cc(C(F)(F)F)cc(C(F)(F)F)c2)cc1-c1c(Br)cnn1C. The number of hydrogen-bond acceptors (Lipinski definition) is 3. The van der Waals surface area contributed by atoms with E-state index in [9.17, 15) is 31.1 Å². The van der Waals surface area contributed by atoms with Gasteiger partial charge in [-0.15, -0.1) is 0 Å². The lowest BCUT2D eigenvalue weighted by molar-refractivity contribution is -0.143. The minimum absolute atomic E-state index is 0.0232. The van der Waals surface area contributed by atoms with E-state index in [-0.39, 0.29) is 11.8 Å². The molecule has 1 heterocycles. The standard InChI is InChI=1S/C20H15BrF6N4O2/c1-31-17(15(21)9-28-31)14-8-12(3-4-16(14)33-2)29-18(32)30-13-6-10(19(22,23)24)5-11(7-13)20(25,26)27/h3-9H,1-2H3,(H2,29,30,32). The smallest absolute Gasteiger partial charge is 0.416 e. The first kappa shape index (κ1) is 24.4. The Morgan fingerprint density at radius 2 is 1.55 bits per heavy atom. The van der Waals surface area contributed by atoms with Gasteiger partial charge in [-0.2, -0.15) is 31.4 Å². The van der Waals surface area contributed by atoms with Gasteiger partial charge >= 0.3 is 18.4 Å². The van der Waals surface area contributed by atoms with Crippen molar-refractivity contribution in [1.29, 1.82) is 0 Å². The molecule has 0 saturated heterocycles. The molecule has 0 radical (unpaired) electrons. The Bertz CT molecular complexity index is 1140. The topological polar surface area (TPSA) is 68.2 Å². The van der Waals surface area contributed by atoms with Gasteiger partial charge in [0.1, 0.15) is 5.75 Å². The third-order valence-corrected chi connectivity index (χ3v) is 5.03. The van der Waals surface area contributed by atoms with E-state index >= 15 is 0 Å². The molecule has 3 aromatic rings. The number of hydrogen-bond donors (Lipinski definition) is 2. The number of carbonyl (C=O) groups is 1. The van der Waals surface area contributed by atoms with E-state index in [2.05, 4.69) is 26.3 Å². The molecule has 2 aromatic carbocycles. The van der Waals surface area contributed by atoms with Crippen LogP contribution < -0.4 is 15.4 Å². The second-order valence-corrected chi connectivity index (χ2v) is 7.61. The number of rotatable bonds is 4. The van der Waals surface area contributed by atoms with Crippen LogP contribution in [0, 0.1) is 0 Å². The fraction of sp³-hybridized carbons (Fsp3) is 0.200. The van der Waals surface area contributed by atoms with Crippen molar-refractivity contribution in [3.8, 4) is 17.0 Å². The number of methoxy groups -OCH3 is 1. The number of alkyl halides is 6. The molecule has 176 valence electrons. The highest BCUT2D eigenvalue weighted by Crippen LogP contribution is 2.38. The summed E-state index contributed by atoms with van der Waals surface area (Å²) in [5, 5.41) is 8.50. The number of urea groups is 1. The van der Waals surface area contributed by atoms with Gasteiger partial charge < -0.3 is 15.4 Å². The van der Waals surface area contributed by atoms with Gasteiger partial charge in [0.15, 0.2) is 0 Å². The fourth-order valence-electron chi connectivity index (χ4n) is 3.01. The van der Waals surface area contributed by atoms with Crippen molar-refractivity contribution in [2.75, 3.05) is 17.7 Å². The van der Waals surface area contributed by atoms with Crippen molar-refractivity contribution < 1.29 is 35.9 Å². The average Bonchev–Trinajstić information content (AvgIpc) is 3.04. The first-order valence-corrected chi connectivity index (χ1v) is 9.82. The third-order valence-electron chi connectivity index (χ3n) is 4.45. The fourth-order valence-corrected chi connectivity index (χ4v) is 3.57. The molecule has 13 heteroatoms. The predicted molar refractivity (Wildman–Crippen MR) is 112 cm³/mol. The maximum Gasteiger partial charge on any atom is 0.416 e. The molecule has 2 amide bonds. The molecule has 0 fully saturated rings. The molecule has 0 aliphatic rings. The molecule has 1 aromatic heterocycles. The maximum absolute atomic E-state index is 13.0. The molecule has 0 unspecified atom stereocenters. The van der Waals surface area contributed by atoms with Gasteiger partial charge in [0.05, 0.1) is 34.6 Å². The second kappa shape index (κ2) is 8.96. The van der Waals surface area contributed by atoms with Crippen molar-refractivity contribution in [2.24, 2.45) is 7.05 Å². The predicted octanol–water partition coefficient (Wildman–Crippen LogP) is 6.54. The monoisotopic (exact) mass is 536 g/mol. The van der Waals surface area contributed by atoms with Crippen LogP contribution in [0.15, 0.2) is 47.1 Å². The number of benzene rings is 2. The lowest BCUT2D eigenvalue weighted by atomic mass is 10.1. The van der Waals surface area contributed by atoms with Crippen molar-refractivity contribution in [3.63, 3.8) is 0 Å². The van der Waals surface area contributed by atoms with Gasteiger partial charge in [-0.3, -0.25) is 4.68 Å². The van der Waals surface area contributed by atoms with Crippen LogP contribution in [-0.4, -0.2) is 22.9 Å². The van der Waals surface area contributed by atoms with Crippen LogP contribution >= 0.6 is 15.9 Å². The van der Waals surface area contributed by atoms with Crippen molar-refractivity contribution in [1.82, 2.24) is 9.78 Å². The first-order valence-electron chi connectivity index (χ1n) is 9.03. The number of halogens is 7. The highest BCUT2D eigenvalue weighted by molar-refractivity contribution is 9.10. The largest absolute Gasteiger partial charge is 0.496 e. The Kier molecular flexibility index (Phi) is 6.63. The number of anilines is 2. The van der Waals surface area contributed by atoms with E-state index in [1.165, 1.54) is 25.3 Å². The molecule has 0 bridgehead atoms. The summed E-state index contributed by atoms with van der Waals surface area (Å²) in [6.07, 6.45) is -8.52. The van der Waals surface area contributed by atoms with Crippen LogP contribution in [0.3, 0.4) is 0 Å². The molecule has 3 rings (SSSR count). The van der Waals surface area contributed by atoms with Crippen molar-refractivity contribution >= 4 is 33.3 Å². The van der Waals surface area contributed by atoms with E-state index in [0.717, 1.165) is 0 Å². The Hall–Kier alpha value is -3.22. The summed E-state index contributed by atoms with van der Waals surface area (Å²) in [4.78, 5) is 12.3. The Morgan fingerprint density at radius 1 is 0.970 bits per heavy atom. The molecule has 6 nitrogen and oxygen atoms in total. The lowest BCUT2D eigenvalue weighted by Crippen LogP contribution is -2.21. The van der Waals surface area contributed by atoms with Gasteiger partial charge in [-0.25, -0.2) is 4.79 Å². The number of nitrogens with one attached hydrogen (secondary N) is 2. The molecule has 0 aliphatic heterocycles. The van der Waals surface area contributed by atoms with Gasteiger partial charge in [0.2, 0.25) is 0 Å². The number of amides is 2. The molecule has 0 spiro atoms. The summed E-state index contributed by atoms with van der Waals surface area (Å²) >= 11 is 3.36. The zero-order chi connectivity index (χ0) is 24.6. The van der Waals surface area contributed by atoms with E-state index in [0.29, 0.717) is 33.6 Å². The number of nitrogens with zero attached hydrogens (tertiary/aromatic N) is 2. The van der Waals surface area contributed by atoms with E-state index in [1.807, 2.05) is 5.32 Å². The van der Waals surface area contributed by atoms with E-state index in [4.69, 9.17) is 4.74 Å². The van der Waals surface area contributed by atoms with Gasteiger partial charge in [-0.05, 0) is 52.3 Å². The Balaban J connectivity index is 1.89.